The van der Waals surface area contributed by atoms with Gasteiger partial charge in [0, 0.05) is 12.4 Å². The molecular weight excluding hydrogens is 168 g/mol. The highest BCUT2D eigenvalue weighted by Gasteiger charge is 2.09. The van der Waals surface area contributed by atoms with Gasteiger partial charge in [0.1, 0.15) is 5.82 Å². The number of hydrogen-bond acceptors (Lipinski definition) is 3. The standard InChI is InChI=1S/C8H14N4O/c1-6(9-2)8(13)12-5-7-10-3-4-11-7/h3-4,6,9H,5H2,1-2H3,(H,10,11)(H,12,13). The third kappa shape index (κ3) is 2.87. The van der Waals surface area contributed by atoms with Crippen molar-refractivity contribution < 1.29 is 4.79 Å². The van der Waals surface area contributed by atoms with E-state index in [0.717, 1.165) is 5.82 Å². The molecule has 0 fully saturated rings. The van der Waals surface area contributed by atoms with Crippen LogP contribution in [-0.2, 0) is 11.3 Å². The van der Waals surface area contributed by atoms with Crippen LogP contribution in [0.4, 0.5) is 0 Å². The normalized spacial score (nSPS) is 12.5. The molecule has 0 aliphatic heterocycles. The summed E-state index contributed by atoms with van der Waals surface area (Å²) in [6.07, 6.45) is 3.38. The molecule has 1 unspecified atom stereocenters. The van der Waals surface area contributed by atoms with Crippen molar-refractivity contribution in [3.63, 3.8) is 0 Å². The highest BCUT2D eigenvalue weighted by Crippen LogP contribution is 1.87. The third-order valence-electron chi connectivity index (χ3n) is 1.81. The van der Waals surface area contributed by atoms with E-state index in [2.05, 4.69) is 20.6 Å². The second-order valence-corrected chi connectivity index (χ2v) is 2.76. The Morgan fingerprint density at radius 3 is 3.08 bits per heavy atom. The summed E-state index contributed by atoms with van der Waals surface area (Å²) in [6, 6.07) is -0.171. The first kappa shape index (κ1) is 9.73. The van der Waals surface area contributed by atoms with E-state index in [9.17, 15) is 4.79 Å². The minimum Gasteiger partial charge on any atom is -0.348 e. The molecule has 0 aliphatic carbocycles. The van der Waals surface area contributed by atoms with Gasteiger partial charge < -0.3 is 15.6 Å². The Kier molecular flexibility index (Phi) is 3.45. The lowest BCUT2D eigenvalue weighted by atomic mass is 10.3. The predicted octanol–water partition coefficient (Wildman–Crippen LogP) is -0.366. The Balaban J connectivity index is 2.31. The summed E-state index contributed by atoms with van der Waals surface area (Å²) >= 11 is 0. The number of likely N-dealkylation sites (N-methyl/N-ethyl adjacent to an activating group) is 1. The van der Waals surface area contributed by atoms with Crippen molar-refractivity contribution in [2.24, 2.45) is 0 Å². The fraction of sp³-hybridized carbons (Fsp3) is 0.500. The number of amides is 1. The van der Waals surface area contributed by atoms with E-state index in [-0.39, 0.29) is 11.9 Å². The van der Waals surface area contributed by atoms with Crippen molar-refractivity contribution in [3.8, 4) is 0 Å². The van der Waals surface area contributed by atoms with Crippen LogP contribution in [-0.4, -0.2) is 29.0 Å². The molecule has 0 saturated heterocycles. The summed E-state index contributed by atoms with van der Waals surface area (Å²) in [7, 11) is 1.75. The number of aromatic amines is 1. The van der Waals surface area contributed by atoms with Crippen molar-refractivity contribution >= 4 is 5.91 Å². The second kappa shape index (κ2) is 4.61. The molecule has 5 heteroatoms. The maximum atomic E-state index is 11.3. The molecule has 0 bridgehead atoms. The fourth-order valence-corrected chi connectivity index (χ4v) is 0.850. The van der Waals surface area contributed by atoms with Crippen LogP contribution in [0.25, 0.3) is 0 Å². The molecular formula is C8H14N4O. The van der Waals surface area contributed by atoms with Crippen LogP contribution in [0.2, 0.25) is 0 Å². The Hall–Kier alpha value is -1.36. The number of carbonyl (C=O) groups is 1. The first-order chi connectivity index (χ1) is 6.24. The molecule has 0 aliphatic rings. The smallest absolute Gasteiger partial charge is 0.237 e. The van der Waals surface area contributed by atoms with Gasteiger partial charge in [-0.25, -0.2) is 4.98 Å². The number of nitrogens with one attached hydrogen (secondary N) is 3. The summed E-state index contributed by atoms with van der Waals surface area (Å²) < 4.78 is 0. The monoisotopic (exact) mass is 182 g/mol. The van der Waals surface area contributed by atoms with Gasteiger partial charge in [-0.15, -0.1) is 0 Å². The lowest BCUT2D eigenvalue weighted by molar-refractivity contribution is -0.122. The molecule has 72 valence electrons. The average Bonchev–Trinajstić information content (AvgIpc) is 2.65. The van der Waals surface area contributed by atoms with Crippen LogP contribution < -0.4 is 10.6 Å². The summed E-state index contributed by atoms with van der Waals surface area (Å²) in [4.78, 5) is 18.1. The van der Waals surface area contributed by atoms with Gasteiger partial charge in [0.2, 0.25) is 5.91 Å². The molecule has 1 rings (SSSR count). The number of carbonyl (C=O) groups excluding carboxylic acids is 1. The van der Waals surface area contributed by atoms with Crippen LogP contribution in [0.15, 0.2) is 12.4 Å². The van der Waals surface area contributed by atoms with E-state index < -0.39 is 0 Å². The van der Waals surface area contributed by atoms with Gasteiger partial charge in [0.25, 0.3) is 0 Å². The quantitative estimate of drug-likeness (QED) is 0.595. The molecule has 1 heterocycles. The SMILES string of the molecule is CNC(C)C(=O)NCc1ncc[nH]1. The maximum absolute atomic E-state index is 11.3. The van der Waals surface area contributed by atoms with Gasteiger partial charge in [-0.3, -0.25) is 4.79 Å². The number of imidazole rings is 1. The maximum Gasteiger partial charge on any atom is 0.237 e. The van der Waals surface area contributed by atoms with E-state index in [1.54, 1.807) is 26.4 Å². The summed E-state index contributed by atoms with van der Waals surface area (Å²) in [5.74, 6) is 0.732. The third-order valence-corrected chi connectivity index (χ3v) is 1.81. The average molecular weight is 182 g/mol. The van der Waals surface area contributed by atoms with Crippen molar-refractivity contribution in [2.75, 3.05) is 7.05 Å². The number of aromatic nitrogens is 2. The van der Waals surface area contributed by atoms with Gasteiger partial charge >= 0.3 is 0 Å². The zero-order valence-corrected chi connectivity index (χ0v) is 7.79. The first-order valence-corrected chi connectivity index (χ1v) is 4.17. The second-order valence-electron chi connectivity index (χ2n) is 2.76. The highest BCUT2D eigenvalue weighted by atomic mass is 16.2. The van der Waals surface area contributed by atoms with Crippen LogP contribution in [0.5, 0.6) is 0 Å². The van der Waals surface area contributed by atoms with Crippen LogP contribution in [0, 0.1) is 0 Å². The predicted molar refractivity (Wildman–Crippen MR) is 49.0 cm³/mol. The number of nitrogens with zero attached hydrogens (tertiary/aromatic N) is 1. The zero-order valence-electron chi connectivity index (χ0n) is 7.79. The van der Waals surface area contributed by atoms with Crippen molar-refractivity contribution in [3.05, 3.63) is 18.2 Å². The Bertz CT molecular complexity index is 257. The molecule has 13 heavy (non-hydrogen) atoms. The summed E-state index contributed by atoms with van der Waals surface area (Å²) in [5, 5.41) is 5.59. The van der Waals surface area contributed by atoms with Crippen molar-refractivity contribution in [1.82, 2.24) is 20.6 Å². The van der Waals surface area contributed by atoms with E-state index in [1.165, 1.54) is 0 Å². The van der Waals surface area contributed by atoms with Crippen LogP contribution in [0.1, 0.15) is 12.7 Å². The molecule has 1 atom stereocenters. The van der Waals surface area contributed by atoms with Gasteiger partial charge in [0.15, 0.2) is 0 Å². The van der Waals surface area contributed by atoms with E-state index in [4.69, 9.17) is 0 Å². The molecule has 1 aromatic heterocycles. The highest BCUT2D eigenvalue weighted by molar-refractivity contribution is 5.81. The molecule has 0 aromatic carbocycles. The molecule has 5 nitrogen and oxygen atoms in total. The number of rotatable bonds is 4. The summed E-state index contributed by atoms with van der Waals surface area (Å²) in [5.41, 5.74) is 0. The number of H-pyrrole nitrogens is 1. The lowest BCUT2D eigenvalue weighted by Gasteiger charge is -2.09. The Morgan fingerprint density at radius 2 is 2.54 bits per heavy atom. The minimum absolute atomic E-state index is 0.0288. The van der Waals surface area contributed by atoms with Gasteiger partial charge in [-0.1, -0.05) is 0 Å². The minimum atomic E-state index is -0.171. The largest absolute Gasteiger partial charge is 0.348 e. The molecule has 3 N–H and O–H groups in total. The van der Waals surface area contributed by atoms with Crippen LogP contribution >= 0.6 is 0 Å². The zero-order chi connectivity index (χ0) is 9.68. The van der Waals surface area contributed by atoms with Crippen LogP contribution in [0.3, 0.4) is 0 Å². The van der Waals surface area contributed by atoms with Crippen molar-refractivity contribution in [1.29, 1.82) is 0 Å². The summed E-state index contributed by atoms with van der Waals surface area (Å²) in [6.45, 7) is 2.25. The van der Waals surface area contributed by atoms with Gasteiger partial charge in [0.05, 0.1) is 12.6 Å². The molecule has 1 amide bonds. The number of hydrogen-bond donors (Lipinski definition) is 3. The van der Waals surface area contributed by atoms with E-state index >= 15 is 0 Å². The van der Waals surface area contributed by atoms with E-state index in [0.29, 0.717) is 6.54 Å². The Morgan fingerprint density at radius 1 is 1.77 bits per heavy atom. The molecule has 1 aromatic rings. The Labute approximate surface area is 76.9 Å². The molecule has 0 spiro atoms. The van der Waals surface area contributed by atoms with Crippen molar-refractivity contribution in [2.45, 2.75) is 19.5 Å². The molecule has 0 radical (unpaired) electrons. The first-order valence-electron chi connectivity index (χ1n) is 4.17. The van der Waals surface area contributed by atoms with Gasteiger partial charge in [-0.2, -0.15) is 0 Å². The van der Waals surface area contributed by atoms with Gasteiger partial charge in [-0.05, 0) is 14.0 Å². The topological polar surface area (TPSA) is 69.8 Å². The molecule has 0 saturated carbocycles. The van der Waals surface area contributed by atoms with E-state index in [1.807, 2.05) is 0 Å². The lowest BCUT2D eigenvalue weighted by Crippen LogP contribution is -2.40. The fourth-order valence-electron chi connectivity index (χ4n) is 0.850.